The maximum atomic E-state index is 5.81. The molecule has 1 unspecified atom stereocenters. The Hall–Kier alpha value is -1.04. The summed E-state index contributed by atoms with van der Waals surface area (Å²) in [6.07, 6.45) is 3.39. The quantitative estimate of drug-likeness (QED) is 0.749. The van der Waals surface area contributed by atoms with Crippen molar-refractivity contribution in [2.75, 3.05) is 33.2 Å². The van der Waals surface area contributed by atoms with Crippen molar-refractivity contribution in [2.45, 2.75) is 12.6 Å². The molecule has 1 aromatic rings. The molecule has 1 atom stereocenters. The molecular weight excluding hydrogens is 202 g/mol. The van der Waals surface area contributed by atoms with Gasteiger partial charge in [0, 0.05) is 45.0 Å². The molecule has 1 fully saturated rings. The van der Waals surface area contributed by atoms with Crippen LogP contribution in [-0.4, -0.2) is 59.0 Å². The van der Waals surface area contributed by atoms with E-state index in [2.05, 4.69) is 26.8 Å². The van der Waals surface area contributed by atoms with E-state index in [-0.39, 0.29) is 0 Å². The molecular formula is C11H19N5. The average Bonchev–Trinajstić information content (AvgIpc) is 2.33. The van der Waals surface area contributed by atoms with Gasteiger partial charge in [0.2, 0.25) is 0 Å². The fourth-order valence-electron chi connectivity index (χ4n) is 2.10. The van der Waals surface area contributed by atoms with Crippen LogP contribution in [0.4, 0.5) is 0 Å². The molecule has 0 radical (unpaired) electrons. The predicted octanol–water partition coefficient (Wildman–Crippen LogP) is -0.449. The van der Waals surface area contributed by atoms with Crippen LogP contribution >= 0.6 is 0 Å². The minimum atomic E-state index is 0.439. The van der Waals surface area contributed by atoms with Crippen molar-refractivity contribution in [3.8, 4) is 0 Å². The number of hydrogen-bond acceptors (Lipinski definition) is 5. The van der Waals surface area contributed by atoms with Gasteiger partial charge in [0.1, 0.15) is 6.33 Å². The predicted molar refractivity (Wildman–Crippen MR) is 62.8 cm³/mol. The Kier molecular flexibility index (Phi) is 3.82. The Balaban J connectivity index is 1.98. The van der Waals surface area contributed by atoms with E-state index in [1.165, 1.54) is 0 Å². The van der Waals surface area contributed by atoms with Crippen LogP contribution in [0.3, 0.4) is 0 Å². The first kappa shape index (κ1) is 11.4. The smallest absolute Gasteiger partial charge is 0.115 e. The lowest BCUT2D eigenvalue weighted by molar-refractivity contribution is 0.0869. The van der Waals surface area contributed by atoms with E-state index in [1.807, 2.05) is 6.07 Å². The first-order chi connectivity index (χ1) is 7.79. The van der Waals surface area contributed by atoms with E-state index < -0.39 is 0 Å². The SMILES string of the molecule is CN1CCN(Cc2ccncn2)C(CN)C1. The zero-order valence-corrected chi connectivity index (χ0v) is 9.71. The van der Waals surface area contributed by atoms with Crippen LogP contribution in [0.1, 0.15) is 5.69 Å². The van der Waals surface area contributed by atoms with Crippen molar-refractivity contribution >= 4 is 0 Å². The van der Waals surface area contributed by atoms with Gasteiger partial charge >= 0.3 is 0 Å². The Bertz CT molecular complexity index is 315. The van der Waals surface area contributed by atoms with Crippen LogP contribution in [0.5, 0.6) is 0 Å². The number of hydrogen-bond donors (Lipinski definition) is 1. The molecule has 1 aliphatic heterocycles. The molecule has 5 nitrogen and oxygen atoms in total. The summed E-state index contributed by atoms with van der Waals surface area (Å²) in [5, 5.41) is 0. The molecule has 2 N–H and O–H groups in total. The van der Waals surface area contributed by atoms with Gasteiger partial charge in [0.25, 0.3) is 0 Å². The summed E-state index contributed by atoms with van der Waals surface area (Å²) < 4.78 is 0. The van der Waals surface area contributed by atoms with Crippen LogP contribution in [0.2, 0.25) is 0 Å². The Morgan fingerprint density at radius 3 is 3.06 bits per heavy atom. The Morgan fingerprint density at radius 1 is 1.50 bits per heavy atom. The van der Waals surface area contributed by atoms with E-state index in [1.54, 1.807) is 12.5 Å². The van der Waals surface area contributed by atoms with E-state index in [0.717, 1.165) is 31.9 Å². The van der Waals surface area contributed by atoms with Gasteiger partial charge in [-0.15, -0.1) is 0 Å². The molecule has 5 heteroatoms. The fraction of sp³-hybridized carbons (Fsp3) is 0.636. The standard InChI is InChI=1S/C11H19N5/c1-15-4-5-16(11(6-12)8-15)7-10-2-3-13-9-14-10/h2-3,9,11H,4-8,12H2,1H3. The van der Waals surface area contributed by atoms with Gasteiger partial charge in [-0.05, 0) is 13.1 Å². The number of piperazine rings is 1. The molecule has 0 bridgehead atoms. The van der Waals surface area contributed by atoms with Gasteiger partial charge in [0.15, 0.2) is 0 Å². The minimum absolute atomic E-state index is 0.439. The topological polar surface area (TPSA) is 58.3 Å². The highest BCUT2D eigenvalue weighted by atomic mass is 15.3. The molecule has 2 heterocycles. The zero-order valence-electron chi connectivity index (χ0n) is 9.71. The molecule has 1 aromatic heterocycles. The van der Waals surface area contributed by atoms with Gasteiger partial charge in [-0.3, -0.25) is 4.90 Å². The van der Waals surface area contributed by atoms with Crippen LogP contribution in [0.25, 0.3) is 0 Å². The van der Waals surface area contributed by atoms with E-state index >= 15 is 0 Å². The van der Waals surface area contributed by atoms with Crippen molar-refractivity contribution in [2.24, 2.45) is 5.73 Å². The molecule has 1 saturated heterocycles. The highest BCUT2D eigenvalue weighted by Gasteiger charge is 2.23. The second kappa shape index (κ2) is 5.34. The molecule has 2 rings (SSSR count). The van der Waals surface area contributed by atoms with E-state index in [9.17, 15) is 0 Å². The van der Waals surface area contributed by atoms with E-state index in [0.29, 0.717) is 12.6 Å². The highest BCUT2D eigenvalue weighted by Crippen LogP contribution is 2.10. The van der Waals surface area contributed by atoms with Crippen molar-refractivity contribution in [1.82, 2.24) is 19.8 Å². The highest BCUT2D eigenvalue weighted by molar-refractivity contribution is 4.99. The summed E-state index contributed by atoms with van der Waals surface area (Å²) >= 11 is 0. The van der Waals surface area contributed by atoms with Crippen molar-refractivity contribution in [3.63, 3.8) is 0 Å². The minimum Gasteiger partial charge on any atom is -0.329 e. The average molecular weight is 221 g/mol. The third-order valence-electron chi connectivity index (χ3n) is 3.09. The first-order valence-electron chi connectivity index (χ1n) is 5.67. The van der Waals surface area contributed by atoms with Gasteiger partial charge < -0.3 is 10.6 Å². The zero-order chi connectivity index (χ0) is 11.4. The summed E-state index contributed by atoms with van der Waals surface area (Å²) in [4.78, 5) is 12.9. The lowest BCUT2D eigenvalue weighted by atomic mass is 10.1. The number of rotatable bonds is 3. The monoisotopic (exact) mass is 221 g/mol. The lowest BCUT2D eigenvalue weighted by Gasteiger charge is -2.39. The molecule has 0 aromatic carbocycles. The largest absolute Gasteiger partial charge is 0.329 e. The second-order valence-electron chi connectivity index (χ2n) is 4.32. The third kappa shape index (κ3) is 2.75. The van der Waals surface area contributed by atoms with Gasteiger partial charge in [-0.1, -0.05) is 0 Å². The van der Waals surface area contributed by atoms with Crippen molar-refractivity contribution in [3.05, 3.63) is 24.3 Å². The molecule has 0 spiro atoms. The first-order valence-corrected chi connectivity index (χ1v) is 5.67. The Morgan fingerprint density at radius 2 is 2.38 bits per heavy atom. The summed E-state index contributed by atoms with van der Waals surface area (Å²) in [5.41, 5.74) is 6.88. The molecule has 0 amide bonds. The van der Waals surface area contributed by atoms with Gasteiger partial charge in [0.05, 0.1) is 5.69 Å². The maximum absolute atomic E-state index is 5.81. The molecule has 16 heavy (non-hydrogen) atoms. The molecule has 0 saturated carbocycles. The van der Waals surface area contributed by atoms with Gasteiger partial charge in [-0.25, -0.2) is 9.97 Å². The van der Waals surface area contributed by atoms with Gasteiger partial charge in [-0.2, -0.15) is 0 Å². The number of nitrogens with zero attached hydrogens (tertiary/aromatic N) is 4. The number of likely N-dealkylation sites (N-methyl/N-ethyl adjacent to an activating group) is 1. The molecule has 0 aliphatic carbocycles. The summed E-state index contributed by atoms with van der Waals surface area (Å²) in [6.45, 7) is 4.78. The fourth-order valence-corrected chi connectivity index (χ4v) is 2.10. The lowest BCUT2D eigenvalue weighted by Crippen LogP contribution is -2.54. The van der Waals surface area contributed by atoms with Crippen LogP contribution in [0.15, 0.2) is 18.6 Å². The van der Waals surface area contributed by atoms with E-state index in [4.69, 9.17) is 5.73 Å². The summed E-state index contributed by atoms with van der Waals surface area (Å²) in [6, 6.07) is 2.40. The molecule has 1 aliphatic rings. The summed E-state index contributed by atoms with van der Waals surface area (Å²) in [7, 11) is 2.14. The van der Waals surface area contributed by atoms with Crippen LogP contribution in [0, 0.1) is 0 Å². The summed E-state index contributed by atoms with van der Waals surface area (Å²) in [5.74, 6) is 0. The second-order valence-corrected chi connectivity index (χ2v) is 4.32. The van der Waals surface area contributed by atoms with Crippen LogP contribution < -0.4 is 5.73 Å². The normalized spacial score (nSPS) is 23.5. The van der Waals surface area contributed by atoms with Crippen molar-refractivity contribution < 1.29 is 0 Å². The molecule has 88 valence electrons. The van der Waals surface area contributed by atoms with Crippen molar-refractivity contribution in [1.29, 1.82) is 0 Å². The number of nitrogens with two attached hydrogens (primary N) is 1. The number of aromatic nitrogens is 2. The maximum Gasteiger partial charge on any atom is 0.115 e. The third-order valence-corrected chi connectivity index (χ3v) is 3.09. The van der Waals surface area contributed by atoms with Crippen LogP contribution in [-0.2, 0) is 6.54 Å². The Labute approximate surface area is 96.3 Å².